The van der Waals surface area contributed by atoms with Crippen LogP contribution in [0.5, 0.6) is 0 Å². The van der Waals surface area contributed by atoms with E-state index in [9.17, 15) is 4.79 Å². The summed E-state index contributed by atoms with van der Waals surface area (Å²) >= 11 is 1.69. The minimum Gasteiger partial charge on any atom is -0.347 e. The number of nitrogens with zero attached hydrogens (tertiary/aromatic N) is 2. The summed E-state index contributed by atoms with van der Waals surface area (Å²) in [6.07, 6.45) is 3.37. The molecule has 0 aliphatic carbocycles. The molecular formula is C18H23N3OS. The number of carbonyl (C=O) groups excluding carboxylic acids is 1. The van der Waals surface area contributed by atoms with Crippen molar-refractivity contribution in [2.75, 3.05) is 13.1 Å². The Bertz CT molecular complexity index is 731. The van der Waals surface area contributed by atoms with Gasteiger partial charge in [-0.15, -0.1) is 11.3 Å². The van der Waals surface area contributed by atoms with Crippen molar-refractivity contribution in [2.24, 2.45) is 5.92 Å². The van der Waals surface area contributed by atoms with Gasteiger partial charge in [-0.3, -0.25) is 9.69 Å². The fourth-order valence-electron chi connectivity index (χ4n) is 4.04. The van der Waals surface area contributed by atoms with Crippen molar-refractivity contribution >= 4 is 27.5 Å². The smallest absolute Gasteiger partial charge is 0.251 e. The first-order valence-electron chi connectivity index (χ1n) is 8.60. The Hall–Kier alpha value is -1.46. The molecule has 0 radical (unpaired) electrons. The lowest BCUT2D eigenvalue weighted by Crippen LogP contribution is -2.62. The normalized spacial score (nSPS) is 29.8. The zero-order valence-electron chi connectivity index (χ0n) is 13.7. The van der Waals surface area contributed by atoms with E-state index in [0.717, 1.165) is 27.2 Å². The molecule has 1 aromatic heterocycles. The van der Waals surface area contributed by atoms with E-state index in [4.69, 9.17) is 0 Å². The van der Waals surface area contributed by atoms with Gasteiger partial charge in [-0.05, 0) is 63.4 Å². The van der Waals surface area contributed by atoms with Crippen LogP contribution < -0.4 is 5.32 Å². The van der Waals surface area contributed by atoms with Crippen molar-refractivity contribution in [3.63, 3.8) is 0 Å². The average Bonchev–Trinajstić information content (AvgIpc) is 3.00. The number of rotatable bonds is 3. The van der Waals surface area contributed by atoms with Crippen LogP contribution in [0.15, 0.2) is 18.2 Å². The number of thiazole rings is 1. The summed E-state index contributed by atoms with van der Waals surface area (Å²) in [6, 6.07) is 6.61. The number of hydrogen-bond acceptors (Lipinski definition) is 4. The second-order valence-electron chi connectivity index (χ2n) is 6.76. The third kappa shape index (κ3) is 2.66. The first-order valence-corrected chi connectivity index (χ1v) is 9.41. The lowest BCUT2D eigenvalue weighted by Gasteiger charge is -2.49. The number of benzene rings is 1. The van der Waals surface area contributed by atoms with Crippen LogP contribution in [0.2, 0.25) is 0 Å². The first-order chi connectivity index (χ1) is 11.2. The highest BCUT2D eigenvalue weighted by molar-refractivity contribution is 7.18. The second kappa shape index (κ2) is 5.87. The molecule has 1 aromatic carbocycles. The predicted molar refractivity (Wildman–Crippen MR) is 94.0 cm³/mol. The standard InChI is InChI=1S/C18H23N3OS/c1-3-16-19-14-5-4-13(10-15(14)23-16)18(22)20-17-11(2)21-8-6-12(17)7-9-21/h4-5,10-12,17H,3,6-9H2,1-2H3,(H,20,22). The average molecular weight is 329 g/mol. The fraction of sp³-hybridized carbons (Fsp3) is 0.556. The largest absolute Gasteiger partial charge is 0.347 e. The maximum absolute atomic E-state index is 12.7. The van der Waals surface area contributed by atoms with Gasteiger partial charge in [-0.2, -0.15) is 0 Å². The lowest BCUT2D eigenvalue weighted by atomic mass is 9.79. The van der Waals surface area contributed by atoms with E-state index in [0.29, 0.717) is 12.0 Å². The van der Waals surface area contributed by atoms with Crippen molar-refractivity contribution in [3.05, 3.63) is 28.8 Å². The van der Waals surface area contributed by atoms with Crippen LogP contribution in [0, 0.1) is 5.92 Å². The molecular weight excluding hydrogens is 306 g/mol. The van der Waals surface area contributed by atoms with E-state index in [2.05, 4.69) is 29.0 Å². The summed E-state index contributed by atoms with van der Waals surface area (Å²) in [5, 5.41) is 4.43. The van der Waals surface area contributed by atoms with Gasteiger partial charge < -0.3 is 5.32 Å². The Labute approximate surface area is 140 Å². The molecule has 4 nitrogen and oxygen atoms in total. The Morgan fingerprint density at radius 3 is 2.87 bits per heavy atom. The molecule has 4 heterocycles. The monoisotopic (exact) mass is 329 g/mol. The highest BCUT2D eigenvalue weighted by Crippen LogP contribution is 2.32. The van der Waals surface area contributed by atoms with Crippen LogP contribution in [0.3, 0.4) is 0 Å². The molecule has 1 amide bonds. The number of aryl methyl sites for hydroxylation is 1. The summed E-state index contributed by atoms with van der Waals surface area (Å²) in [6.45, 7) is 6.73. The van der Waals surface area contributed by atoms with Crippen LogP contribution in [-0.4, -0.2) is 41.0 Å². The van der Waals surface area contributed by atoms with Crippen LogP contribution in [0.25, 0.3) is 10.2 Å². The molecule has 1 N–H and O–H groups in total. The maximum Gasteiger partial charge on any atom is 0.251 e. The summed E-state index contributed by atoms with van der Waals surface area (Å²) in [5.74, 6) is 0.696. The molecule has 3 saturated heterocycles. The molecule has 5 heteroatoms. The van der Waals surface area contributed by atoms with Crippen molar-refractivity contribution in [1.29, 1.82) is 0 Å². The molecule has 2 bridgehead atoms. The minimum atomic E-state index is 0.0592. The van der Waals surface area contributed by atoms with Gasteiger partial charge in [-0.25, -0.2) is 4.98 Å². The van der Waals surface area contributed by atoms with Crippen molar-refractivity contribution in [3.8, 4) is 0 Å². The number of amides is 1. The van der Waals surface area contributed by atoms with Gasteiger partial charge in [0.25, 0.3) is 5.91 Å². The van der Waals surface area contributed by atoms with E-state index in [1.54, 1.807) is 11.3 Å². The molecule has 0 saturated carbocycles. The van der Waals surface area contributed by atoms with E-state index in [1.807, 2.05) is 18.2 Å². The fourth-order valence-corrected chi connectivity index (χ4v) is 4.99. The SMILES string of the molecule is CCc1nc2ccc(C(=O)NC3C4CCN(CC4)C3C)cc2s1. The molecule has 3 aliphatic heterocycles. The summed E-state index contributed by atoms with van der Waals surface area (Å²) < 4.78 is 1.11. The number of nitrogens with one attached hydrogen (secondary N) is 1. The number of carbonyl (C=O) groups is 1. The zero-order valence-corrected chi connectivity index (χ0v) is 14.5. The lowest BCUT2D eigenvalue weighted by molar-refractivity contribution is 0.0217. The summed E-state index contributed by atoms with van der Waals surface area (Å²) in [5.41, 5.74) is 1.76. The Morgan fingerprint density at radius 2 is 2.17 bits per heavy atom. The summed E-state index contributed by atoms with van der Waals surface area (Å²) in [7, 11) is 0. The van der Waals surface area contributed by atoms with Crippen LogP contribution in [0.1, 0.15) is 42.1 Å². The number of hydrogen-bond donors (Lipinski definition) is 1. The van der Waals surface area contributed by atoms with E-state index >= 15 is 0 Å². The van der Waals surface area contributed by atoms with Gasteiger partial charge >= 0.3 is 0 Å². The number of piperidine rings is 3. The van der Waals surface area contributed by atoms with Gasteiger partial charge in [0.1, 0.15) is 0 Å². The summed E-state index contributed by atoms with van der Waals surface area (Å²) in [4.78, 5) is 19.8. The van der Waals surface area contributed by atoms with Crippen LogP contribution in [0.4, 0.5) is 0 Å². The molecule has 3 aliphatic rings. The molecule has 23 heavy (non-hydrogen) atoms. The van der Waals surface area contributed by atoms with Crippen molar-refractivity contribution in [1.82, 2.24) is 15.2 Å². The molecule has 5 rings (SSSR count). The van der Waals surface area contributed by atoms with Crippen molar-refractivity contribution in [2.45, 2.75) is 45.2 Å². The third-order valence-electron chi connectivity index (χ3n) is 5.47. The molecule has 3 fully saturated rings. The van der Waals surface area contributed by atoms with Gasteiger partial charge in [-0.1, -0.05) is 6.92 Å². The van der Waals surface area contributed by atoms with Gasteiger partial charge in [0.15, 0.2) is 0 Å². The van der Waals surface area contributed by atoms with E-state index in [1.165, 1.54) is 25.9 Å². The molecule has 0 spiro atoms. The van der Waals surface area contributed by atoms with E-state index in [-0.39, 0.29) is 11.9 Å². The minimum absolute atomic E-state index is 0.0592. The van der Waals surface area contributed by atoms with E-state index < -0.39 is 0 Å². The predicted octanol–water partition coefficient (Wildman–Crippen LogP) is 3.07. The van der Waals surface area contributed by atoms with Crippen LogP contribution in [-0.2, 0) is 6.42 Å². The molecule has 122 valence electrons. The highest BCUT2D eigenvalue weighted by Gasteiger charge is 2.40. The Balaban J connectivity index is 1.54. The second-order valence-corrected chi connectivity index (χ2v) is 7.87. The van der Waals surface area contributed by atoms with Gasteiger partial charge in [0.2, 0.25) is 0 Å². The molecule has 2 unspecified atom stereocenters. The quantitative estimate of drug-likeness (QED) is 0.941. The van der Waals surface area contributed by atoms with Crippen molar-refractivity contribution < 1.29 is 4.79 Å². The van der Waals surface area contributed by atoms with Crippen LogP contribution >= 0.6 is 11.3 Å². The zero-order chi connectivity index (χ0) is 16.0. The topological polar surface area (TPSA) is 45.2 Å². The Morgan fingerprint density at radius 1 is 1.39 bits per heavy atom. The molecule has 2 atom stereocenters. The third-order valence-corrected chi connectivity index (χ3v) is 6.64. The highest BCUT2D eigenvalue weighted by atomic mass is 32.1. The number of fused-ring (bicyclic) bond motifs is 4. The first kappa shape index (κ1) is 15.1. The molecule has 2 aromatic rings. The number of aromatic nitrogens is 1. The van der Waals surface area contributed by atoms with Gasteiger partial charge in [0.05, 0.1) is 15.2 Å². The Kier molecular flexibility index (Phi) is 3.85. The maximum atomic E-state index is 12.7. The van der Waals surface area contributed by atoms with Gasteiger partial charge in [0, 0.05) is 17.6 Å².